The summed E-state index contributed by atoms with van der Waals surface area (Å²) in [6, 6.07) is 3.71. The number of hydrogen-bond donors (Lipinski definition) is 1. The summed E-state index contributed by atoms with van der Waals surface area (Å²) in [5.41, 5.74) is -0.810. The average Bonchev–Trinajstić information content (AvgIpc) is 2.46. The van der Waals surface area contributed by atoms with E-state index in [1.165, 1.54) is 11.8 Å². The highest BCUT2D eigenvalue weighted by Crippen LogP contribution is 2.30. The Hall–Kier alpha value is -1.56. The molecule has 1 aromatic heterocycles. The first-order valence-corrected chi connectivity index (χ1v) is 7.54. The summed E-state index contributed by atoms with van der Waals surface area (Å²) >= 11 is 1.45. The first-order valence-electron chi connectivity index (χ1n) is 6.55. The minimum atomic E-state index is -0.822. The molecule has 0 aromatic carbocycles. The van der Waals surface area contributed by atoms with E-state index in [0.717, 1.165) is 11.3 Å². The van der Waals surface area contributed by atoms with Crippen molar-refractivity contribution < 1.29 is 14.7 Å². The van der Waals surface area contributed by atoms with Gasteiger partial charge in [0.2, 0.25) is 5.91 Å². The van der Waals surface area contributed by atoms with E-state index >= 15 is 0 Å². The van der Waals surface area contributed by atoms with E-state index in [0.29, 0.717) is 25.3 Å². The first-order chi connectivity index (χ1) is 9.51. The molecule has 1 N–H and O–H groups in total. The third kappa shape index (κ3) is 3.50. The van der Waals surface area contributed by atoms with Crippen molar-refractivity contribution in [3.8, 4) is 0 Å². The number of nitrogens with zero attached hydrogens (tertiary/aromatic N) is 2. The quantitative estimate of drug-likeness (QED) is 0.859. The van der Waals surface area contributed by atoms with Gasteiger partial charge in [-0.25, -0.2) is 0 Å². The summed E-state index contributed by atoms with van der Waals surface area (Å²) in [7, 11) is 0. The second kappa shape index (κ2) is 6.26. The SMILES string of the molecule is CC1(C(=O)O)CCCN(C(=O)CSc2ccncc2)C1. The second-order valence-corrected chi connectivity index (χ2v) is 6.31. The van der Waals surface area contributed by atoms with Crippen LogP contribution in [0.15, 0.2) is 29.4 Å². The molecule has 1 aromatic rings. The third-order valence-corrected chi connectivity index (χ3v) is 4.57. The van der Waals surface area contributed by atoms with Gasteiger partial charge in [-0.15, -0.1) is 11.8 Å². The predicted molar refractivity (Wildman–Crippen MR) is 76.5 cm³/mol. The zero-order valence-electron chi connectivity index (χ0n) is 11.4. The Kier molecular flexibility index (Phi) is 4.65. The Balaban J connectivity index is 1.91. The minimum absolute atomic E-state index is 0.000938. The molecule has 1 fully saturated rings. The zero-order chi connectivity index (χ0) is 14.6. The molecule has 0 radical (unpaired) electrons. The number of carbonyl (C=O) groups excluding carboxylic acids is 1. The van der Waals surface area contributed by atoms with Gasteiger partial charge in [0.15, 0.2) is 0 Å². The monoisotopic (exact) mass is 294 g/mol. The lowest BCUT2D eigenvalue weighted by Crippen LogP contribution is -2.48. The van der Waals surface area contributed by atoms with Crippen LogP contribution in [0, 0.1) is 5.41 Å². The van der Waals surface area contributed by atoms with Gasteiger partial charge in [-0.3, -0.25) is 14.6 Å². The van der Waals surface area contributed by atoms with Gasteiger partial charge in [-0.1, -0.05) is 0 Å². The topological polar surface area (TPSA) is 70.5 Å². The number of carbonyl (C=O) groups is 2. The van der Waals surface area contributed by atoms with E-state index in [1.807, 2.05) is 12.1 Å². The van der Waals surface area contributed by atoms with Crippen molar-refractivity contribution in [1.29, 1.82) is 0 Å². The summed E-state index contributed by atoms with van der Waals surface area (Å²) in [5.74, 6) is -0.490. The fourth-order valence-corrected chi connectivity index (χ4v) is 3.08. The number of carboxylic acids is 1. The molecule has 0 spiro atoms. The molecule has 1 atom stereocenters. The molecule has 0 bridgehead atoms. The maximum Gasteiger partial charge on any atom is 0.311 e. The van der Waals surface area contributed by atoms with Crippen molar-refractivity contribution in [3.63, 3.8) is 0 Å². The third-order valence-electron chi connectivity index (χ3n) is 3.58. The number of carboxylic acid groups (broad SMARTS) is 1. The number of hydrogen-bond acceptors (Lipinski definition) is 4. The van der Waals surface area contributed by atoms with Crippen LogP contribution in [-0.4, -0.2) is 45.7 Å². The number of thioether (sulfide) groups is 1. The number of likely N-dealkylation sites (tertiary alicyclic amines) is 1. The van der Waals surface area contributed by atoms with Crippen LogP contribution < -0.4 is 0 Å². The molecule has 2 rings (SSSR count). The van der Waals surface area contributed by atoms with E-state index in [1.54, 1.807) is 24.2 Å². The highest BCUT2D eigenvalue weighted by Gasteiger charge is 2.39. The summed E-state index contributed by atoms with van der Waals surface area (Å²) in [5, 5.41) is 9.25. The molecule has 0 saturated carbocycles. The van der Waals surface area contributed by atoms with E-state index in [2.05, 4.69) is 4.98 Å². The maximum atomic E-state index is 12.2. The molecule has 0 aliphatic carbocycles. The number of piperidine rings is 1. The largest absolute Gasteiger partial charge is 0.481 e. The van der Waals surface area contributed by atoms with Crippen LogP contribution in [0.5, 0.6) is 0 Å². The summed E-state index contributed by atoms with van der Waals surface area (Å²) in [6.07, 6.45) is 4.75. The maximum absolute atomic E-state index is 12.2. The molecule has 20 heavy (non-hydrogen) atoms. The first kappa shape index (κ1) is 14.8. The van der Waals surface area contributed by atoms with Crippen LogP contribution >= 0.6 is 11.8 Å². The van der Waals surface area contributed by atoms with Gasteiger partial charge in [0, 0.05) is 30.4 Å². The lowest BCUT2D eigenvalue weighted by atomic mass is 9.82. The number of rotatable bonds is 4. The Bertz CT molecular complexity index is 494. The number of pyridine rings is 1. The standard InChI is InChI=1S/C14H18N2O3S/c1-14(13(18)19)5-2-8-16(10-14)12(17)9-20-11-3-6-15-7-4-11/h3-4,6-7H,2,5,8-10H2,1H3,(H,18,19). The molecule has 6 heteroatoms. The Morgan fingerprint density at radius 2 is 2.15 bits per heavy atom. The molecule has 108 valence electrons. The Labute approximate surface area is 122 Å². The number of amides is 1. The van der Waals surface area contributed by atoms with Crippen molar-refractivity contribution in [2.45, 2.75) is 24.7 Å². The zero-order valence-corrected chi connectivity index (χ0v) is 12.2. The molecule has 1 saturated heterocycles. The van der Waals surface area contributed by atoms with Crippen molar-refractivity contribution in [2.75, 3.05) is 18.8 Å². The molecule has 1 amide bonds. The Morgan fingerprint density at radius 1 is 1.45 bits per heavy atom. The normalized spacial score (nSPS) is 22.6. The predicted octanol–water partition coefficient (Wildman–Crippen LogP) is 1.89. The van der Waals surface area contributed by atoms with Crippen molar-refractivity contribution >= 4 is 23.6 Å². The fourth-order valence-electron chi connectivity index (χ4n) is 2.30. The van der Waals surface area contributed by atoms with Crippen molar-refractivity contribution in [2.24, 2.45) is 5.41 Å². The minimum Gasteiger partial charge on any atom is -0.481 e. The molecule has 1 aliphatic rings. The van der Waals surface area contributed by atoms with Crippen LogP contribution in [0.25, 0.3) is 0 Å². The van der Waals surface area contributed by atoms with Crippen LogP contribution in [0.2, 0.25) is 0 Å². The average molecular weight is 294 g/mol. The molecule has 2 heterocycles. The van der Waals surface area contributed by atoms with E-state index < -0.39 is 11.4 Å². The highest BCUT2D eigenvalue weighted by molar-refractivity contribution is 8.00. The molecular formula is C14H18N2O3S. The number of aliphatic carboxylic acids is 1. The van der Waals surface area contributed by atoms with Crippen LogP contribution in [-0.2, 0) is 9.59 Å². The molecule has 5 nitrogen and oxygen atoms in total. The van der Waals surface area contributed by atoms with Crippen LogP contribution in [0.3, 0.4) is 0 Å². The van der Waals surface area contributed by atoms with E-state index in [4.69, 9.17) is 0 Å². The van der Waals surface area contributed by atoms with Crippen molar-refractivity contribution in [3.05, 3.63) is 24.5 Å². The summed E-state index contributed by atoms with van der Waals surface area (Å²) < 4.78 is 0. The van der Waals surface area contributed by atoms with Gasteiger partial charge in [-0.05, 0) is 31.9 Å². The smallest absolute Gasteiger partial charge is 0.311 e. The van der Waals surface area contributed by atoms with Crippen LogP contribution in [0.1, 0.15) is 19.8 Å². The second-order valence-electron chi connectivity index (χ2n) is 5.26. The van der Waals surface area contributed by atoms with Gasteiger partial charge in [0.05, 0.1) is 11.2 Å². The highest BCUT2D eigenvalue weighted by atomic mass is 32.2. The van der Waals surface area contributed by atoms with E-state index in [-0.39, 0.29) is 5.91 Å². The Morgan fingerprint density at radius 3 is 2.80 bits per heavy atom. The van der Waals surface area contributed by atoms with Gasteiger partial charge in [0.1, 0.15) is 0 Å². The number of aromatic nitrogens is 1. The lowest BCUT2D eigenvalue weighted by molar-refractivity contribution is -0.153. The fraction of sp³-hybridized carbons (Fsp3) is 0.500. The van der Waals surface area contributed by atoms with Gasteiger partial charge >= 0.3 is 5.97 Å². The van der Waals surface area contributed by atoms with Gasteiger partial charge in [0.25, 0.3) is 0 Å². The van der Waals surface area contributed by atoms with Gasteiger partial charge in [-0.2, -0.15) is 0 Å². The molecule has 1 aliphatic heterocycles. The molecule has 1 unspecified atom stereocenters. The summed E-state index contributed by atoms with van der Waals surface area (Å²) in [6.45, 7) is 2.67. The van der Waals surface area contributed by atoms with Crippen molar-refractivity contribution in [1.82, 2.24) is 9.88 Å². The lowest BCUT2D eigenvalue weighted by Gasteiger charge is -2.37. The van der Waals surface area contributed by atoms with Gasteiger partial charge < -0.3 is 10.0 Å². The van der Waals surface area contributed by atoms with Crippen LogP contribution in [0.4, 0.5) is 0 Å². The molecular weight excluding hydrogens is 276 g/mol. The summed E-state index contributed by atoms with van der Waals surface area (Å²) in [4.78, 5) is 30.0. The van der Waals surface area contributed by atoms with E-state index in [9.17, 15) is 14.7 Å².